The van der Waals surface area contributed by atoms with E-state index in [1.54, 1.807) is 36.4 Å². The van der Waals surface area contributed by atoms with Crippen LogP contribution in [0.3, 0.4) is 0 Å². The van der Waals surface area contributed by atoms with Gasteiger partial charge in [0.1, 0.15) is 12.4 Å². The molecule has 144 valence electrons. The van der Waals surface area contributed by atoms with E-state index in [9.17, 15) is 18.8 Å². The van der Waals surface area contributed by atoms with Crippen LogP contribution in [0.5, 0.6) is 0 Å². The zero-order valence-electron chi connectivity index (χ0n) is 14.9. The van der Waals surface area contributed by atoms with Gasteiger partial charge in [-0.15, -0.1) is 0 Å². The van der Waals surface area contributed by atoms with Crippen LogP contribution in [0.25, 0.3) is 0 Å². The molecule has 0 bridgehead atoms. The molecule has 1 N–H and O–H groups in total. The Morgan fingerprint density at radius 2 is 1.93 bits per heavy atom. The smallest absolute Gasteiger partial charge is 0.414 e. The normalized spacial score (nSPS) is 19.1. The average Bonchev–Trinajstić information content (AvgIpc) is 3.28. The van der Waals surface area contributed by atoms with E-state index in [1.165, 1.54) is 21.9 Å². The van der Waals surface area contributed by atoms with E-state index in [4.69, 9.17) is 4.74 Å². The minimum atomic E-state index is -0.590. The second kappa shape index (κ2) is 7.30. The Morgan fingerprint density at radius 3 is 2.68 bits per heavy atom. The molecule has 2 fully saturated rings. The highest BCUT2D eigenvalue weighted by atomic mass is 19.1. The number of carbonyl (C=O) groups excluding carboxylic acids is 3. The van der Waals surface area contributed by atoms with Crippen molar-refractivity contribution in [3.8, 4) is 0 Å². The van der Waals surface area contributed by atoms with Crippen molar-refractivity contribution >= 4 is 35.0 Å². The van der Waals surface area contributed by atoms with Crippen LogP contribution in [-0.2, 0) is 14.3 Å². The van der Waals surface area contributed by atoms with E-state index >= 15 is 0 Å². The van der Waals surface area contributed by atoms with Crippen LogP contribution < -0.4 is 15.1 Å². The van der Waals surface area contributed by atoms with Crippen LogP contribution in [-0.4, -0.2) is 37.6 Å². The minimum absolute atomic E-state index is 0.0122. The molecular formula is C20H18FN3O4. The molecule has 2 aliphatic rings. The molecule has 0 radical (unpaired) electrons. The van der Waals surface area contributed by atoms with Gasteiger partial charge in [-0.25, -0.2) is 9.18 Å². The van der Waals surface area contributed by atoms with Gasteiger partial charge in [-0.3, -0.25) is 14.5 Å². The quantitative estimate of drug-likeness (QED) is 0.881. The van der Waals surface area contributed by atoms with Gasteiger partial charge < -0.3 is 15.0 Å². The number of halogens is 1. The summed E-state index contributed by atoms with van der Waals surface area (Å²) in [5, 5.41) is 2.78. The summed E-state index contributed by atoms with van der Waals surface area (Å²) in [7, 11) is 0. The molecule has 4 rings (SSSR count). The van der Waals surface area contributed by atoms with Crippen molar-refractivity contribution in [3.05, 3.63) is 54.3 Å². The van der Waals surface area contributed by atoms with Crippen LogP contribution in [0.2, 0.25) is 0 Å². The molecule has 7 nitrogen and oxygen atoms in total. The van der Waals surface area contributed by atoms with Crippen molar-refractivity contribution in [2.45, 2.75) is 6.42 Å². The van der Waals surface area contributed by atoms with Crippen molar-refractivity contribution in [3.63, 3.8) is 0 Å². The maximum atomic E-state index is 14.0. The molecule has 0 aromatic heterocycles. The van der Waals surface area contributed by atoms with Crippen LogP contribution in [0.15, 0.2) is 48.5 Å². The molecule has 0 saturated carbocycles. The first kappa shape index (κ1) is 18.0. The van der Waals surface area contributed by atoms with Crippen LogP contribution in [0, 0.1) is 11.7 Å². The van der Waals surface area contributed by atoms with E-state index in [1.807, 2.05) is 0 Å². The zero-order valence-corrected chi connectivity index (χ0v) is 14.9. The topological polar surface area (TPSA) is 79.0 Å². The van der Waals surface area contributed by atoms with Gasteiger partial charge in [0, 0.05) is 24.3 Å². The zero-order chi connectivity index (χ0) is 19.7. The summed E-state index contributed by atoms with van der Waals surface area (Å²) < 4.78 is 18.9. The number of cyclic esters (lactones) is 1. The lowest BCUT2D eigenvalue weighted by Crippen LogP contribution is -2.28. The van der Waals surface area contributed by atoms with Gasteiger partial charge in [0.05, 0.1) is 18.2 Å². The molecule has 0 spiro atoms. The lowest BCUT2D eigenvalue weighted by molar-refractivity contribution is -0.122. The van der Waals surface area contributed by atoms with E-state index in [0.29, 0.717) is 24.5 Å². The molecule has 28 heavy (non-hydrogen) atoms. The molecule has 1 unspecified atom stereocenters. The third-order valence-electron chi connectivity index (χ3n) is 4.83. The predicted octanol–water partition coefficient (Wildman–Crippen LogP) is 2.77. The molecule has 2 aliphatic heterocycles. The Balaban J connectivity index is 1.45. The van der Waals surface area contributed by atoms with Crippen molar-refractivity contribution in [1.29, 1.82) is 0 Å². The minimum Gasteiger partial charge on any atom is -0.447 e. The number of nitrogens with one attached hydrogen (secondary N) is 1. The van der Waals surface area contributed by atoms with Crippen molar-refractivity contribution in [2.75, 3.05) is 34.8 Å². The standard InChI is InChI=1S/C20H18FN3O4/c21-16-6-1-2-7-17(16)24-12-13(10-18(24)25)19(26)22-14-4-3-5-15(11-14)23-8-9-28-20(23)27/h1-7,11,13H,8-10,12H2,(H,22,26). The maximum Gasteiger partial charge on any atom is 0.414 e. The van der Waals surface area contributed by atoms with E-state index in [0.717, 1.165) is 0 Å². The van der Waals surface area contributed by atoms with E-state index in [-0.39, 0.29) is 30.5 Å². The molecule has 8 heteroatoms. The third-order valence-corrected chi connectivity index (χ3v) is 4.83. The first-order valence-electron chi connectivity index (χ1n) is 8.93. The van der Waals surface area contributed by atoms with Gasteiger partial charge in [-0.05, 0) is 30.3 Å². The molecule has 2 aromatic rings. The van der Waals surface area contributed by atoms with Crippen LogP contribution >= 0.6 is 0 Å². The highest BCUT2D eigenvalue weighted by Gasteiger charge is 2.36. The summed E-state index contributed by atoms with van der Waals surface area (Å²) in [6.45, 7) is 0.889. The fourth-order valence-corrected chi connectivity index (χ4v) is 3.41. The molecule has 2 aromatic carbocycles. The summed E-state index contributed by atoms with van der Waals surface area (Å²) in [4.78, 5) is 39.4. The Bertz CT molecular complexity index is 949. The fourth-order valence-electron chi connectivity index (χ4n) is 3.41. The number of amides is 3. The van der Waals surface area contributed by atoms with Crippen molar-refractivity contribution in [1.82, 2.24) is 0 Å². The number of hydrogen-bond donors (Lipinski definition) is 1. The Hall–Kier alpha value is -3.42. The summed E-state index contributed by atoms with van der Waals surface area (Å²) in [5.74, 6) is -1.71. The average molecular weight is 383 g/mol. The molecule has 0 aliphatic carbocycles. The first-order chi connectivity index (χ1) is 13.5. The number of benzene rings is 2. The maximum absolute atomic E-state index is 14.0. The second-order valence-corrected chi connectivity index (χ2v) is 6.66. The monoisotopic (exact) mass is 383 g/mol. The van der Waals surface area contributed by atoms with Gasteiger partial charge in [-0.2, -0.15) is 0 Å². The van der Waals surface area contributed by atoms with Gasteiger partial charge >= 0.3 is 6.09 Å². The molecular weight excluding hydrogens is 365 g/mol. The number of hydrogen-bond acceptors (Lipinski definition) is 4. The number of carbonyl (C=O) groups is 3. The number of ether oxygens (including phenoxy) is 1. The first-order valence-corrected chi connectivity index (χ1v) is 8.93. The summed E-state index contributed by atoms with van der Waals surface area (Å²) in [5.41, 5.74) is 1.31. The highest BCUT2D eigenvalue weighted by molar-refractivity contribution is 6.03. The number of para-hydroxylation sites is 1. The molecule has 2 heterocycles. The number of nitrogens with zero attached hydrogens (tertiary/aromatic N) is 2. The number of anilines is 3. The Labute approximate surface area is 160 Å². The molecule has 3 amide bonds. The van der Waals surface area contributed by atoms with Crippen molar-refractivity contribution < 1.29 is 23.5 Å². The fraction of sp³-hybridized carbons (Fsp3) is 0.250. The second-order valence-electron chi connectivity index (χ2n) is 6.66. The van der Waals surface area contributed by atoms with Gasteiger partial charge in [-0.1, -0.05) is 18.2 Å². The van der Waals surface area contributed by atoms with Gasteiger partial charge in [0.15, 0.2) is 0 Å². The molecule has 1 atom stereocenters. The van der Waals surface area contributed by atoms with Gasteiger partial charge in [0.2, 0.25) is 11.8 Å². The predicted molar refractivity (Wildman–Crippen MR) is 101 cm³/mol. The van der Waals surface area contributed by atoms with Crippen molar-refractivity contribution in [2.24, 2.45) is 5.92 Å². The SMILES string of the molecule is O=C(Nc1cccc(N2CCOC2=O)c1)C1CC(=O)N(c2ccccc2F)C1. The largest absolute Gasteiger partial charge is 0.447 e. The van der Waals surface area contributed by atoms with E-state index in [2.05, 4.69) is 5.32 Å². The highest BCUT2D eigenvalue weighted by Crippen LogP contribution is 2.28. The summed E-state index contributed by atoms with van der Waals surface area (Å²) in [6.07, 6.45) is -0.413. The Kier molecular flexibility index (Phi) is 4.68. The van der Waals surface area contributed by atoms with Crippen LogP contribution in [0.4, 0.5) is 26.2 Å². The molecule has 2 saturated heterocycles. The van der Waals surface area contributed by atoms with Crippen LogP contribution in [0.1, 0.15) is 6.42 Å². The number of rotatable bonds is 4. The third kappa shape index (κ3) is 3.40. The van der Waals surface area contributed by atoms with Gasteiger partial charge in [0.25, 0.3) is 0 Å². The summed E-state index contributed by atoms with van der Waals surface area (Å²) >= 11 is 0. The summed E-state index contributed by atoms with van der Waals surface area (Å²) in [6, 6.07) is 12.9. The van der Waals surface area contributed by atoms with E-state index < -0.39 is 17.8 Å². The lowest BCUT2D eigenvalue weighted by atomic mass is 10.1. The lowest BCUT2D eigenvalue weighted by Gasteiger charge is -2.17. The Morgan fingerprint density at radius 1 is 1.11 bits per heavy atom.